The van der Waals surface area contributed by atoms with Crippen LogP contribution in [0, 0.1) is 0 Å². The minimum atomic E-state index is -1.83. The van der Waals surface area contributed by atoms with Gasteiger partial charge < -0.3 is 24.8 Å². The standard InChI is InChI=1S/C22H26F2N4O5/c1-13(23)32-16-9-17-20(25-10-16)28(11-19(29)26-17)21(30)27-18(12-31-4)14-5-7-15(8-6-14)33-22(2,3)24/h5-10,13,18H,11-12H2,1-4H3,(H,26,29)(H,27,30). The molecule has 3 rings (SSSR count). The van der Waals surface area contributed by atoms with Crippen LogP contribution in [0.5, 0.6) is 11.5 Å². The highest BCUT2D eigenvalue weighted by atomic mass is 19.2. The Hall–Kier alpha value is -3.47. The van der Waals surface area contributed by atoms with E-state index in [0.717, 1.165) is 0 Å². The molecule has 2 aromatic rings. The fourth-order valence-electron chi connectivity index (χ4n) is 3.24. The topological polar surface area (TPSA) is 102 Å². The molecule has 11 heteroatoms. The Kier molecular flexibility index (Phi) is 7.32. The second-order valence-electron chi connectivity index (χ2n) is 7.83. The van der Waals surface area contributed by atoms with Crippen LogP contribution >= 0.6 is 0 Å². The van der Waals surface area contributed by atoms with Gasteiger partial charge in [-0.25, -0.2) is 14.2 Å². The van der Waals surface area contributed by atoms with E-state index in [1.54, 1.807) is 24.3 Å². The molecular weight excluding hydrogens is 438 g/mol. The fraction of sp³-hybridized carbons (Fsp3) is 0.409. The molecule has 1 aromatic carbocycles. The Bertz CT molecular complexity index is 995. The summed E-state index contributed by atoms with van der Waals surface area (Å²) in [6.07, 6.45) is -0.296. The van der Waals surface area contributed by atoms with Gasteiger partial charge in [-0.15, -0.1) is 0 Å². The van der Waals surface area contributed by atoms with Crippen molar-refractivity contribution in [3.8, 4) is 11.5 Å². The number of benzene rings is 1. The first kappa shape index (κ1) is 24.2. The second-order valence-corrected chi connectivity index (χ2v) is 7.83. The number of nitrogens with zero attached hydrogens (tertiary/aromatic N) is 2. The van der Waals surface area contributed by atoms with E-state index >= 15 is 0 Å². The molecule has 33 heavy (non-hydrogen) atoms. The van der Waals surface area contributed by atoms with Crippen molar-refractivity contribution in [3.63, 3.8) is 0 Å². The Morgan fingerprint density at radius 3 is 2.61 bits per heavy atom. The van der Waals surface area contributed by atoms with E-state index in [1.807, 2.05) is 0 Å². The number of halogens is 2. The number of ether oxygens (including phenoxy) is 3. The molecule has 0 radical (unpaired) electrons. The predicted octanol–water partition coefficient (Wildman–Crippen LogP) is 3.72. The summed E-state index contributed by atoms with van der Waals surface area (Å²) in [6, 6.07) is 6.78. The molecule has 1 aromatic heterocycles. The number of fused-ring (bicyclic) bond motifs is 1. The number of methoxy groups -OCH3 is 1. The van der Waals surface area contributed by atoms with Crippen molar-refractivity contribution < 1.29 is 32.6 Å². The van der Waals surface area contributed by atoms with Crippen molar-refractivity contribution in [1.82, 2.24) is 10.3 Å². The van der Waals surface area contributed by atoms with Gasteiger partial charge in [-0.3, -0.25) is 9.69 Å². The molecule has 0 aliphatic carbocycles. The summed E-state index contributed by atoms with van der Waals surface area (Å²) in [5.41, 5.74) is 0.905. The third kappa shape index (κ3) is 6.51. The normalized spacial score (nSPS) is 15.2. The van der Waals surface area contributed by atoms with Crippen LogP contribution in [0.25, 0.3) is 0 Å². The molecule has 3 amide bonds. The minimum absolute atomic E-state index is 0.113. The molecule has 178 valence electrons. The molecule has 0 spiro atoms. The number of aromatic nitrogens is 1. The lowest BCUT2D eigenvalue weighted by Gasteiger charge is -2.30. The van der Waals surface area contributed by atoms with Gasteiger partial charge >= 0.3 is 6.03 Å². The number of anilines is 2. The molecule has 2 unspecified atom stereocenters. The van der Waals surface area contributed by atoms with Gasteiger partial charge in [-0.05, 0) is 17.7 Å². The fourth-order valence-corrected chi connectivity index (χ4v) is 3.24. The van der Waals surface area contributed by atoms with E-state index in [1.165, 1.54) is 45.0 Å². The molecule has 2 N–H and O–H groups in total. The Morgan fingerprint density at radius 1 is 1.30 bits per heavy atom. The smallest absolute Gasteiger partial charge is 0.324 e. The van der Waals surface area contributed by atoms with Crippen molar-refractivity contribution in [2.75, 3.05) is 30.5 Å². The summed E-state index contributed by atoms with van der Waals surface area (Å²) in [4.78, 5) is 30.5. The lowest BCUT2D eigenvalue weighted by atomic mass is 10.1. The van der Waals surface area contributed by atoms with Crippen LogP contribution < -0.4 is 25.0 Å². The van der Waals surface area contributed by atoms with E-state index in [9.17, 15) is 18.4 Å². The van der Waals surface area contributed by atoms with Crippen molar-refractivity contribution in [3.05, 3.63) is 42.1 Å². The number of hydrogen-bond donors (Lipinski definition) is 2. The number of nitrogens with one attached hydrogen (secondary N) is 2. The Balaban J connectivity index is 1.79. The van der Waals surface area contributed by atoms with E-state index in [-0.39, 0.29) is 30.4 Å². The zero-order valence-electron chi connectivity index (χ0n) is 18.7. The van der Waals surface area contributed by atoms with Gasteiger partial charge in [0, 0.05) is 33.9 Å². The summed E-state index contributed by atoms with van der Waals surface area (Å²) >= 11 is 0. The number of carbonyl (C=O) groups is 2. The van der Waals surface area contributed by atoms with E-state index < -0.39 is 30.2 Å². The van der Waals surface area contributed by atoms with Crippen LogP contribution in [0.2, 0.25) is 0 Å². The number of pyridine rings is 1. The van der Waals surface area contributed by atoms with E-state index in [4.69, 9.17) is 14.2 Å². The first-order valence-electron chi connectivity index (χ1n) is 10.2. The molecule has 0 fully saturated rings. The average Bonchev–Trinajstić information content (AvgIpc) is 2.71. The predicted molar refractivity (Wildman–Crippen MR) is 117 cm³/mol. The Morgan fingerprint density at radius 2 is 2.00 bits per heavy atom. The van der Waals surface area contributed by atoms with Crippen LogP contribution in [0.4, 0.5) is 25.1 Å². The number of alkyl halides is 2. The molecule has 2 atom stereocenters. The summed E-state index contributed by atoms with van der Waals surface area (Å²) < 4.78 is 42.2. The van der Waals surface area contributed by atoms with Gasteiger partial charge in [0.25, 0.3) is 0 Å². The van der Waals surface area contributed by atoms with Gasteiger partial charge in [0.1, 0.15) is 18.0 Å². The highest BCUT2D eigenvalue weighted by Gasteiger charge is 2.30. The highest BCUT2D eigenvalue weighted by molar-refractivity contribution is 6.08. The van der Waals surface area contributed by atoms with E-state index in [0.29, 0.717) is 11.3 Å². The van der Waals surface area contributed by atoms with Crippen LogP contribution in [0.3, 0.4) is 0 Å². The lowest BCUT2D eigenvalue weighted by molar-refractivity contribution is -0.115. The maximum Gasteiger partial charge on any atom is 0.324 e. The van der Waals surface area contributed by atoms with Crippen LogP contribution in [-0.2, 0) is 9.53 Å². The number of carbonyl (C=O) groups excluding carboxylic acids is 2. The maximum atomic E-state index is 13.7. The first-order valence-corrected chi connectivity index (χ1v) is 10.2. The number of amides is 3. The van der Waals surface area contributed by atoms with Crippen molar-refractivity contribution in [2.24, 2.45) is 0 Å². The van der Waals surface area contributed by atoms with Crippen molar-refractivity contribution in [2.45, 2.75) is 39.0 Å². The van der Waals surface area contributed by atoms with Gasteiger partial charge in [0.2, 0.25) is 18.1 Å². The van der Waals surface area contributed by atoms with Gasteiger partial charge in [0.05, 0.1) is 24.5 Å². The monoisotopic (exact) mass is 464 g/mol. The van der Waals surface area contributed by atoms with Crippen LogP contribution in [0.15, 0.2) is 36.5 Å². The summed E-state index contributed by atoms with van der Waals surface area (Å²) in [5, 5.41) is 5.41. The molecule has 1 aliphatic rings. The molecule has 0 saturated carbocycles. The largest absolute Gasteiger partial charge is 0.459 e. The molecule has 0 bridgehead atoms. The number of rotatable bonds is 8. The third-order valence-corrected chi connectivity index (χ3v) is 4.49. The average molecular weight is 464 g/mol. The van der Waals surface area contributed by atoms with Gasteiger partial charge in [-0.2, -0.15) is 4.39 Å². The molecule has 0 saturated heterocycles. The van der Waals surface area contributed by atoms with Gasteiger partial charge in [0.15, 0.2) is 5.82 Å². The minimum Gasteiger partial charge on any atom is -0.459 e. The molecule has 2 heterocycles. The van der Waals surface area contributed by atoms with Crippen LogP contribution in [0.1, 0.15) is 32.4 Å². The Labute approximate surface area is 190 Å². The second kappa shape index (κ2) is 9.99. The van der Waals surface area contributed by atoms with Crippen LogP contribution in [-0.4, -0.2) is 49.4 Å². The summed E-state index contributed by atoms with van der Waals surface area (Å²) in [5.74, 6) is -1.63. The van der Waals surface area contributed by atoms with E-state index in [2.05, 4.69) is 15.6 Å². The summed E-state index contributed by atoms with van der Waals surface area (Å²) in [6.45, 7) is 3.68. The number of hydrogen-bond acceptors (Lipinski definition) is 6. The zero-order chi connectivity index (χ0) is 24.2. The van der Waals surface area contributed by atoms with Gasteiger partial charge in [-0.1, -0.05) is 12.1 Å². The van der Waals surface area contributed by atoms with Crippen molar-refractivity contribution >= 4 is 23.4 Å². The molecule has 1 aliphatic heterocycles. The number of urea groups is 1. The lowest BCUT2D eigenvalue weighted by Crippen LogP contribution is -2.49. The SMILES string of the molecule is COCC(NC(=O)N1CC(=O)Nc2cc(OC(C)F)cnc21)c1ccc(OC(C)(C)F)cc1. The van der Waals surface area contributed by atoms with Crippen molar-refractivity contribution in [1.29, 1.82) is 0 Å². The summed E-state index contributed by atoms with van der Waals surface area (Å²) in [7, 11) is 1.49. The third-order valence-electron chi connectivity index (χ3n) is 4.49. The first-order chi connectivity index (χ1) is 15.6. The maximum absolute atomic E-state index is 13.7. The molecule has 9 nitrogen and oxygen atoms in total. The quantitative estimate of drug-likeness (QED) is 0.618. The molecular formula is C22H26F2N4O5. The highest BCUT2D eigenvalue weighted by Crippen LogP contribution is 2.31. The zero-order valence-corrected chi connectivity index (χ0v) is 18.7.